The predicted octanol–water partition coefficient (Wildman–Crippen LogP) is 3.11. The molecule has 0 bridgehead atoms. The van der Waals surface area contributed by atoms with E-state index in [0.29, 0.717) is 5.92 Å². The summed E-state index contributed by atoms with van der Waals surface area (Å²) in [6.45, 7) is 2.62. The fourth-order valence-electron chi connectivity index (χ4n) is 2.58. The SMILES string of the molecule is CNCc1nc(CC2CCOC2)sc1-c1ccccc1. The average Bonchev–Trinajstić information content (AvgIpc) is 3.11. The van der Waals surface area contributed by atoms with Crippen molar-refractivity contribution in [2.75, 3.05) is 20.3 Å². The van der Waals surface area contributed by atoms with E-state index in [0.717, 1.165) is 31.9 Å². The van der Waals surface area contributed by atoms with Crippen molar-refractivity contribution in [2.24, 2.45) is 5.92 Å². The van der Waals surface area contributed by atoms with E-state index in [1.807, 2.05) is 18.4 Å². The van der Waals surface area contributed by atoms with Crippen LogP contribution in [0.4, 0.5) is 0 Å². The molecule has 0 saturated carbocycles. The van der Waals surface area contributed by atoms with Gasteiger partial charge in [0.2, 0.25) is 0 Å². The van der Waals surface area contributed by atoms with Crippen LogP contribution < -0.4 is 5.32 Å². The maximum absolute atomic E-state index is 5.46. The molecule has 2 heterocycles. The van der Waals surface area contributed by atoms with Crippen LogP contribution in [0.5, 0.6) is 0 Å². The van der Waals surface area contributed by atoms with Crippen molar-refractivity contribution in [2.45, 2.75) is 19.4 Å². The van der Waals surface area contributed by atoms with Gasteiger partial charge in [-0.1, -0.05) is 30.3 Å². The molecule has 0 amide bonds. The van der Waals surface area contributed by atoms with Gasteiger partial charge in [-0.3, -0.25) is 0 Å². The van der Waals surface area contributed by atoms with Gasteiger partial charge in [0.05, 0.1) is 15.6 Å². The molecule has 1 aromatic heterocycles. The first-order valence-electron chi connectivity index (χ1n) is 7.13. The van der Waals surface area contributed by atoms with Gasteiger partial charge in [-0.25, -0.2) is 4.98 Å². The second-order valence-corrected chi connectivity index (χ2v) is 6.30. The Balaban J connectivity index is 1.85. The van der Waals surface area contributed by atoms with E-state index in [9.17, 15) is 0 Å². The first kappa shape index (κ1) is 13.7. The summed E-state index contributed by atoms with van der Waals surface area (Å²) in [4.78, 5) is 6.14. The minimum absolute atomic E-state index is 0.646. The smallest absolute Gasteiger partial charge is 0.0939 e. The van der Waals surface area contributed by atoms with Crippen LogP contribution in [0, 0.1) is 5.92 Å². The van der Waals surface area contributed by atoms with Gasteiger partial charge in [-0.05, 0) is 24.9 Å². The molecule has 1 unspecified atom stereocenters. The predicted molar refractivity (Wildman–Crippen MR) is 82.9 cm³/mol. The Morgan fingerprint density at radius 2 is 2.20 bits per heavy atom. The third-order valence-electron chi connectivity index (χ3n) is 3.61. The first-order valence-corrected chi connectivity index (χ1v) is 7.95. The molecule has 1 saturated heterocycles. The summed E-state index contributed by atoms with van der Waals surface area (Å²) >= 11 is 1.83. The molecule has 20 heavy (non-hydrogen) atoms. The second-order valence-electron chi connectivity index (χ2n) is 5.21. The average molecular weight is 288 g/mol. The molecule has 1 fully saturated rings. The first-order chi connectivity index (χ1) is 9.86. The maximum atomic E-state index is 5.46. The summed E-state index contributed by atoms with van der Waals surface area (Å²) in [7, 11) is 1.97. The molecule has 4 heteroatoms. The summed E-state index contributed by atoms with van der Waals surface area (Å²) in [6, 6.07) is 10.6. The second kappa shape index (κ2) is 6.48. The van der Waals surface area contributed by atoms with E-state index in [4.69, 9.17) is 9.72 Å². The zero-order valence-corrected chi connectivity index (χ0v) is 12.6. The summed E-state index contributed by atoms with van der Waals surface area (Å²) in [5, 5.41) is 4.46. The van der Waals surface area contributed by atoms with Crippen LogP contribution in [0.25, 0.3) is 10.4 Å². The molecule has 0 aliphatic carbocycles. The van der Waals surface area contributed by atoms with Crippen molar-refractivity contribution >= 4 is 11.3 Å². The lowest BCUT2D eigenvalue weighted by Gasteiger charge is -2.02. The largest absolute Gasteiger partial charge is 0.381 e. The molecule has 1 aliphatic rings. The Kier molecular flexibility index (Phi) is 4.45. The quantitative estimate of drug-likeness (QED) is 0.918. The van der Waals surface area contributed by atoms with E-state index in [1.54, 1.807) is 0 Å². The van der Waals surface area contributed by atoms with Crippen molar-refractivity contribution in [3.05, 3.63) is 41.0 Å². The maximum Gasteiger partial charge on any atom is 0.0939 e. The Morgan fingerprint density at radius 1 is 1.35 bits per heavy atom. The monoisotopic (exact) mass is 288 g/mol. The van der Waals surface area contributed by atoms with Gasteiger partial charge in [0.1, 0.15) is 0 Å². The fraction of sp³-hybridized carbons (Fsp3) is 0.438. The Hall–Kier alpha value is -1.23. The van der Waals surface area contributed by atoms with Crippen molar-refractivity contribution in [1.29, 1.82) is 0 Å². The van der Waals surface area contributed by atoms with Crippen LogP contribution >= 0.6 is 11.3 Å². The van der Waals surface area contributed by atoms with Crippen molar-refractivity contribution in [3.8, 4) is 10.4 Å². The summed E-state index contributed by atoms with van der Waals surface area (Å²) in [6.07, 6.45) is 2.22. The van der Waals surface area contributed by atoms with Gasteiger partial charge >= 0.3 is 0 Å². The molecular weight excluding hydrogens is 268 g/mol. The highest BCUT2D eigenvalue weighted by Crippen LogP contribution is 2.32. The van der Waals surface area contributed by atoms with E-state index in [1.165, 1.54) is 21.9 Å². The molecule has 3 rings (SSSR count). The summed E-state index contributed by atoms with van der Waals surface area (Å²) in [5.41, 5.74) is 2.43. The zero-order chi connectivity index (χ0) is 13.8. The van der Waals surface area contributed by atoms with Crippen LogP contribution in [0.15, 0.2) is 30.3 Å². The normalized spacial score (nSPS) is 18.6. The van der Waals surface area contributed by atoms with Crippen LogP contribution in [0.3, 0.4) is 0 Å². The molecule has 0 spiro atoms. The number of nitrogens with zero attached hydrogens (tertiary/aromatic N) is 1. The van der Waals surface area contributed by atoms with Gasteiger partial charge < -0.3 is 10.1 Å². The molecule has 106 valence electrons. The molecule has 1 N–H and O–H groups in total. The number of hydrogen-bond acceptors (Lipinski definition) is 4. The lowest BCUT2D eigenvalue weighted by molar-refractivity contribution is 0.186. The minimum Gasteiger partial charge on any atom is -0.381 e. The van der Waals surface area contributed by atoms with Crippen molar-refractivity contribution in [3.63, 3.8) is 0 Å². The Labute approximate surface area is 124 Å². The van der Waals surface area contributed by atoms with Gasteiger partial charge in [0, 0.05) is 26.2 Å². The van der Waals surface area contributed by atoms with Gasteiger partial charge in [0.25, 0.3) is 0 Å². The molecule has 3 nitrogen and oxygen atoms in total. The fourth-order valence-corrected chi connectivity index (χ4v) is 3.78. The van der Waals surface area contributed by atoms with E-state index in [-0.39, 0.29) is 0 Å². The standard InChI is InChI=1S/C16H20N2OS/c1-17-10-14-16(13-5-3-2-4-6-13)20-15(18-14)9-12-7-8-19-11-12/h2-6,12,17H,7-11H2,1H3. The van der Waals surface area contributed by atoms with Crippen LogP contribution in [-0.4, -0.2) is 25.2 Å². The molecule has 1 atom stereocenters. The Morgan fingerprint density at radius 3 is 2.90 bits per heavy atom. The van der Waals surface area contributed by atoms with Crippen molar-refractivity contribution < 1.29 is 4.74 Å². The highest BCUT2D eigenvalue weighted by Gasteiger charge is 2.19. The lowest BCUT2D eigenvalue weighted by Crippen LogP contribution is -2.07. The van der Waals surface area contributed by atoms with Gasteiger partial charge in [-0.2, -0.15) is 0 Å². The third-order valence-corrected chi connectivity index (χ3v) is 4.78. The highest BCUT2D eigenvalue weighted by molar-refractivity contribution is 7.15. The van der Waals surface area contributed by atoms with E-state index >= 15 is 0 Å². The van der Waals surface area contributed by atoms with E-state index in [2.05, 4.69) is 35.6 Å². The Bertz CT molecular complexity index is 547. The minimum atomic E-state index is 0.646. The number of aromatic nitrogens is 1. The van der Waals surface area contributed by atoms with Gasteiger partial charge in [-0.15, -0.1) is 11.3 Å². The molecule has 2 aromatic rings. The van der Waals surface area contributed by atoms with E-state index < -0.39 is 0 Å². The summed E-state index contributed by atoms with van der Waals surface area (Å²) in [5.74, 6) is 0.646. The molecule has 0 radical (unpaired) electrons. The van der Waals surface area contributed by atoms with Crippen molar-refractivity contribution in [1.82, 2.24) is 10.3 Å². The number of rotatable bonds is 5. The lowest BCUT2D eigenvalue weighted by atomic mass is 10.1. The van der Waals surface area contributed by atoms with Crippen LogP contribution in [0.2, 0.25) is 0 Å². The van der Waals surface area contributed by atoms with Crippen LogP contribution in [-0.2, 0) is 17.7 Å². The number of nitrogens with one attached hydrogen (secondary N) is 1. The molecular formula is C16H20N2OS. The molecule has 1 aliphatic heterocycles. The number of hydrogen-bond donors (Lipinski definition) is 1. The molecule has 1 aromatic carbocycles. The van der Waals surface area contributed by atoms with Gasteiger partial charge in [0.15, 0.2) is 0 Å². The zero-order valence-electron chi connectivity index (χ0n) is 11.8. The number of benzene rings is 1. The highest BCUT2D eigenvalue weighted by atomic mass is 32.1. The number of thiazole rings is 1. The topological polar surface area (TPSA) is 34.2 Å². The number of ether oxygens (including phenoxy) is 1. The summed E-state index contributed by atoms with van der Waals surface area (Å²) < 4.78 is 5.46. The third kappa shape index (κ3) is 3.08. The van der Waals surface area contributed by atoms with Crippen LogP contribution in [0.1, 0.15) is 17.1 Å².